The van der Waals surface area contributed by atoms with Crippen molar-refractivity contribution in [2.75, 3.05) is 5.84 Å². The fourth-order valence-electron chi connectivity index (χ4n) is 1.62. The summed E-state index contributed by atoms with van der Waals surface area (Å²) in [4.78, 5) is 0. The highest BCUT2D eigenvalue weighted by molar-refractivity contribution is 5.84. The third kappa shape index (κ3) is 0.881. The molecule has 0 aliphatic heterocycles. The van der Waals surface area contributed by atoms with Crippen molar-refractivity contribution in [3.8, 4) is 0 Å². The molecular weight excluding hydrogens is 148 g/mol. The number of aryl methyl sites for hydroxylation is 2. The molecule has 0 saturated heterocycles. The van der Waals surface area contributed by atoms with Crippen molar-refractivity contribution < 1.29 is 0 Å². The van der Waals surface area contributed by atoms with Crippen LogP contribution in [0.15, 0.2) is 24.4 Å². The first-order valence-corrected chi connectivity index (χ1v) is 4.02. The predicted molar refractivity (Wildman–Crippen MR) is 51.6 cm³/mol. The number of nitrogens with two attached hydrogens (primary N) is 1. The molecule has 0 atom stereocenters. The van der Waals surface area contributed by atoms with E-state index in [0.717, 1.165) is 5.52 Å². The van der Waals surface area contributed by atoms with Crippen molar-refractivity contribution in [3.05, 3.63) is 35.5 Å². The Morgan fingerprint density at radius 2 is 2.00 bits per heavy atom. The van der Waals surface area contributed by atoms with Crippen LogP contribution in [0.5, 0.6) is 0 Å². The number of aromatic nitrogens is 1. The first kappa shape index (κ1) is 7.22. The van der Waals surface area contributed by atoms with Gasteiger partial charge in [0.15, 0.2) is 0 Å². The molecule has 1 aromatic heterocycles. The molecule has 2 rings (SSSR count). The van der Waals surface area contributed by atoms with Crippen LogP contribution in [0.2, 0.25) is 0 Å². The van der Waals surface area contributed by atoms with Gasteiger partial charge in [-0.25, -0.2) is 0 Å². The summed E-state index contributed by atoms with van der Waals surface area (Å²) in [7, 11) is 0. The SMILES string of the molecule is Cc1cc(C)c2ccn(N)c2c1. The summed E-state index contributed by atoms with van der Waals surface area (Å²) in [5.74, 6) is 5.73. The van der Waals surface area contributed by atoms with Crippen molar-refractivity contribution in [1.29, 1.82) is 0 Å². The van der Waals surface area contributed by atoms with E-state index in [2.05, 4.69) is 26.0 Å². The normalized spacial score (nSPS) is 10.8. The van der Waals surface area contributed by atoms with Gasteiger partial charge < -0.3 is 5.84 Å². The number of hydrogen-bond donors (Lipinski definition) is 1. The zero-order valence-corrected chi connectivity index (χ0v) is 7.33. The highest BCUT2D eigenvalue weighted by atomic mass is 15.3. The minimum absolute atomic E-state index is 1.10. The van der Waals surface area contributed by atoms with Gasteiger partial charge in [0.25, 0.3) is 0 Å². The van der Waals surface area contributed by atoms with Crippen molar-refractivity contribution in [2.45, 2.75) is 13.8 Å². The van der Waals surface area contributed by atoms with Gasteiger partial charge in [-0.1, -0.05) is 6.07 Å². The lowest BCUT2D eigenvalue weighted by molar-refractivity contribution is 1.07. The second-order valence-corrected chi connectivity index (χ2v) is 3.24. The van der Waals surface area contributed by atoms with Gasteiger partial charge in [0.05, 0.1) is 5.52 Å². The van der Waals surface area contributed by atoms with Gasteiger partial charge in [0.2, 0.25) is 0 Å². The van der Waals surface area contributed by atoms with Gasteiger partial charge in [-0.3, -0.25) is 4.68 Å². The maximum Gasteiger partial charge on any atom is 0.0695 e. The van der Waals surface area contributed by atoms with Gasteiger partial charge in [0, 0.05) is 11.6 Å². The van der Waals surface area contributed by atoms with E-state index < -0.39 is 0 Å². The molecule has 2 nitrogen and oxygen atoms in total. The van der Waals surface area contributed by atoms with Crippen LogP contribution in [-0.4, -0.2) is 4.68 Å². The molecule has 0 amide bonds. The molecule has 2 heteroatoms. The number of rotatable bonds is 0. The lowest BCUT2D eigenvalue weighted by atomic mass is 10.1. The molecule has 0 unspecified atom stereocenters. The summed E-state index contributed by atoms with van der Waals surface area (Å²) < 4.78 is 1.66. The number of benzene rings is 1. The summed E-state index contributed by atoms with van der Waals surface area (Å²) in [6.07, 6.45) is 1.89. The van der Waals surface area contributed by atoms with Crippen LogP contribution >= 0.6 is 0 Å². The Morgan fingerprint density at radius 1 is 1.25 bits per heavy atom. The van der Waals surface area contributed by atoms with E-state index in [1.54, 1.807) is 4.68 Å². The summed E-state index contributed by atoms with van der Waals surface area (Å²) in [5, 5.41) is 1.24. The van der Waals surface area contributed by atoms with Gasteiger partial charge in [0.1, 0.15) is 0 Å². The molecule has 0 spiro atoms. The van der Waals surface area contributed by atoms with E-state index in [-0.39, 0.29) is 0 Å². The second-order valence-electron chi connectivity index (χ2n) is 3.24. The van der Waals surface area contributed by atoms with E-state index in [9.17, 15) is 0 Å². The highest BCUT2D eigenvalue weighted by Gasteiger charge is 2.01. The minimum Gasteiger partial charge on any atom is -0.339 e. The van der Waals surface area contributed by atoms with Crippen LogP contribution in [0.25, 0.3) is 10.9 Å². The van der Waals surface area contributed by atoms with Crippen molar-refractivity contribution in [2.24, 2.45) is 0 Å². The minimum atomic E-state index is 1.10. The predicted octanol–water partition coefficient (Wildman–Crippen LogP) is 1.97. The zero-order chi connectivity index (χ0) is 8.72. The Labute approximate surface area is 71.6 Å². The van der Waals surface area contributed by atoms with E-state index in [0.29, 0.717) is 0 Å². The zero-order valence-electron chi connectivity index (χ0n) is 7.33. The Bertz CT molecular complexity index is 427. The highest BCUT2D eigenvalue weighted by Crippen LogP contribution is 2.19. The van der Waals surface area contributed by atoms with Gasteiger partial charge in [-0.2, -0.15) is 0 Å². The standard InChI is InChI=1S/C10H12N2/c1-7-5-8(2)9-3-4-12(11)10(9)6-7/h3-6H,11H2,1-2H3. The number of nitrogens with zero attached hydrogens (tertiary/aromatic N) is 1. The third-order valence-corrected chi connectivity index (χ3v) is 2.19. The second kappa shape index (κ2) is 2.27. The Balaban J connectivity index is 2.92. The first-order chi connectivity index (χ1) is 5.68. The van der Waals surface area contributed by atoms with E-state index in [1.807, 2.05) is 12.3 Å². The molecule has 1 heterocycles. The van der Waals surface area contributed by atoms with E-state index in [4.69, 9.17) is 5.84 Å². The van der Waals surface area contributed by atoms with Gasteiger partial charge in [-0.15, -0.1) is 0 Å². The van der Waals surface area contributed by atoms with Crippen LogP contribution in [0, 0.1) is 13.8 Å². The Morgan fingerprint density at radius 3 is 2.75 bits per heavy atom. The molecule has 2 N–H and O–H groups in total. The molecular formula is C10H12N2. The van der Waals surface area contributed by atoms with Gasteiger partial charge in [-0.05, 0) is 37.1 Å². The lowest BCUT2D eigenvalue weighted by Crippen LogP contribution is -2.05. The number of hydrogen-bond acceptors (Lipinski definition) is 1. The number of fused-ring (bicyclic) bond motifs is 1. The van der Waals surface area contributed by atoms with Crippen LogP contribution < -0.4 is 5.84 Å². The van der Waals surface area contributed by atoms with E-state index in [1.165, 1.54) is 16.5 Å². The molecule has 62 valence electrons. The average Bonchev–Trinajstić information content (AvgIpc) is 2.33. The number of nitrogen functional groups attached to an aromatic ring is 1. The smallest absolute Gasteiger partial charge is 0.0695 e. The van der Waals surface area contributed by atoms with Crippen LogP contribution in [0.3, 0.4) is 0 Å². The Kier molecular flexibility index (Phi) is 1.37. The van der Waals surface area contributed by atoms with Crippen LogP contribution in [0.4, 0.5) is 0 Å². The van der Waals surface area contributed by atoms with Gasteiger partial charge >= 0.3 is 0 Å². The first-order valence-electron chi connectivity index (χ1n) is 4.02. The molecule has 12 heavy (non-hydrogen) atoms. The Hall–Kier alpha value is -1.44. The molecule has 2 aromatic rings. The van der Waals surface area contributed by atoms with Crippen molar-refractivity contribution >= 4 is 10.9 Å². The molecule has 0 bridgehead atoms. The summed E-state index contributed by atoms with van der Waals surface area (Å²) in [6.45, 7) is 4.19. The molecule has 0 fully saturated rings. The largest absolute Gasteiger partial charge is 0.339 e. The van der Waals surface area contributed by atoms with E-state index >= 15 is 0 Å². The molecule has 0 saturated carbocycles. The fraction of sp³-hybridized carbons (Fsp3) is 0.200. The lowest BCUT2D eigenvalue weighted by Gasteiger charge is -2.00. The molecule has 1 aromatic carbocycles. The summed E-state index contributed by atoms with van der Waals surface area (Å²) in [6, 6.07) is 6.31. The quantitative estimate of drug-likeness (QED) is 0.587. The van der Waals surface area contributed by atoms with Crippen LogP contribution in [-0.2, 0) is 0 Å². The molecule has 0 radical (unpaired) electrons. The topological polar surface area (TPSA) is 30.9 Å². The van der Waals surface area contributed by atoms with Crippen molar-refractivity contribution in [3.63, 3.8) is 0 Å². The monoisotopic (exact) mass is 160 g/mol. The fourth-order valence-corrected chi connectivity index (χ4v) is 1.62. The molecule has 0 aliphatic carbocycles. The average molecular weight is 160 g/mol. The van der Waals surface area contributed by atoms with Crippen molar-refractivity contribution in [1.82, 2.24) is 4.68 Å². The maximum atomic E-state index is 5.73. The molecule has 0 aliphatic rings. The maximum absolute atomic E-state index is 5.73. The summed E-state index contributed by atoms with van der Waals surface area (Å²) in [5.41, 5.74) is 3.65. The van der Waals surface area contributed by atoms with Crippen LogP contribution in [0.1, 0.15) is 11.1 Å². The third-order valence-electron chi connectivity index (χ3n) is 2.19. The summed E-state index contributed by atoms with van der Waals surface area (Å²) >= 11 is 0.